The molecule has 2 aliphatic heterocycles. The number of hydrogen-bond acceptors (Lipinski definition) is 6. The van der Waals surface area contributed by atoms with Crippen LogP contribution in [0.25, 0.3) is 0 Å². The van der Waals surface area contributed by atoms with Crippen molar-refractivity contribution >= 4 is 29.5 Å². The zero-order valence-electron chi connectivity index (χ0n) is 24.9. The Morgan fingerprint density at radius 3 is 2.25 bits per heavy atom. The predicted molar refractivity (Wildman–Crippen MR) is 147 cm³/mol. The summed E-state index contributed by atoms with van der Waals surface area (Å²) in [6.07, 6.45) is 0.834. The number of rotatable bonds is 10. The molecule has 2 unspecified atom stereocenters. The minimum absolute atomic E-state index is 0.0274. The molecule has 5 N–H and O–H groups in total. The second-order valence-corrected chi connectivity index (χ2v) is 14.2. The maximum Gasteiger partial charge on any atom is 0.251 e. The molecule has 2 aliphatic carbocycles. The lowest BCUT2D eigenvalue weighted by molar-refractivity contribution is -0.146. The van der Waals surface area contributed by atoms with E-state index in [4.69, 9.17) is 0 Å². The van der Waals surface area contributed by atoms with E-state index in [1.807, 2.05) is 20.8 Å². The number of carbonyl (C=O) groups excluding carboxylic acids is 5. The van der Waals surface area contributed by atoms with E-state index in [0.29, 0.717) is 19.5 Å². The van der Waals surface area contributed by atoms with Crippen LogP contribution in [0.1, 0.15) is 74.1 Å². The maximum atomic E-state index is 14.0. The Labute approximate surface area is 236 Å². The van der Waals surface area contributed by atoms with Crippen molar-refractivity contribution in [3.05, 3.63) is 0 Å². The highest BCUT2D eigenvalue weighted by atomic mass is 16.3. The third-order valence-electron chi connectivity index (χ3n) is 9.29. The monoisotopic (exact) mass is 561 g/mol. The number of carbonyl (C=O) groups is 5. The fourth-order valence-corrected chi connectivity index (χ4v) is 6.34. The Balaban J connectivity index is 1.56. The highest BCUT2D eigenvalue weighted by Crippen LogP contribution is 2.65. The summed E-state index contributed by atoms with van der Waals surface area (Å²) in [5.41, 5.74) is -0.750. The highest BCUT2D eigenvalue weighted by molar-refractivity contribution is 5.94. The highest BCUT2D eigenvalue weighted by Gasteiger charge is 2.70. The molecule has 40 heavy (non-hydrogen) atoms. The molecular weight excluding hydrogens is 514 g/mol. The molecule has 0 bridgehead atoms. The van der Waals surface area contributed by atoms with Gasteiger partial charge in [0.1, 0.15) is 12.1 Å². The van der Waals surface area contributed by atoms with E-state index in [0.717, 1.165) is 12.8 Å². The summed E-state index contributed by atoms with van der Waals surface area (Å²) in [6.45, 7) is 14.2. The molecule has 0 spiro atoms. The van der Waals surface area contributed by atoms with E-state index < -0.39 is 47.4 Å². The summed E-state index contributed by atoms with van der Waals surface area (Å²) < 4.78 is 0. The van der Waals surface area contributed by atoms with Crippen molar-refractivity contribution in [1.29, 1.82) is 0 Å². The third kappa shape index (κ3) is 6.14. The number of nitrogens with one attached hydrogen (secondary N) is 4. The van der Waals surface area contributed by atoms with Crippen LogP contribution in [0.4, 0.5) is 0 Å². The lowest BCUT2D eigenvalue weighted by Crippen LogP contribution is -2.61. The molecule has 0 radical (unpaired) electrons. The van der Waals surface area contributed by atoms with Gasteiger partial charge in [-0.15, -0.1) is 0 Å². The van der Waals surface area contributed by atoms with Gasteiger partial charge in [0.05, 0.1) is 6.04 Å². The molecular formula is C29H47N5O6. The number of piperidine rings is 1. The lowest BCUT2D eigenvalue weighted by atomic mass is 9.84. The van der Waals surface area contributed by atoms with Gasteiger partial charge in [0.2, 0.25) is 23.6 Å². The van der Waals surface area contributed by atoms with Crippen molar-refractivity contribution in [2.45, 2.75) is 104 Å². The lowest BCUT2D eigenvalue weighted by Gasteiger charge is -2.38. The molecule has 5 amide bonds. The minimum Gasteiger partial charge on any atom is -0.381 e. The number of fused-ring (bicyclic) bond motifs is 1. The van der Waals surface area contributed by atoms with Crippen LogP contribution in [0.5, 0.6) is 0 Å². The van der Waals surface area contributed by atoms with Crippen LogP contribution in [0.3, 0.4) is 0 Å². The van der Waals surface area contributed by atoms with Gasteiger partial charge in [0, 0.05) is 31.0 Å². The molecule has 4 aliphatic rings. The standard InChI is InChI=1S/C29H47N5O6/c1-14(2)23(36)33-22(28(3,4)5)27(40)34-13-17-19(29(17,6)7)20(34)25(38)32-18(12-15-10-11-30-24(15)37)21(35)26(39)31-16-8-9-16/h14-22,35H,8-13H2,1-7H3,(H,30,37)(H,31,39)(H,32,38)(H,33,36)/t15-,17-,18?,19-,20-,21?,22+/m0/s1. The summed E-state index contributed by atoms with van der Waals surface area (Å²) >= 11 is 0. The number of nitrogens with zero attached hydrogens (tertiary/aromatic N) is 1. The molecule has 0 aromatic carbocycles. The van der Waals surface area contributed by atoms with Crippen molar-refractivity contribution in [2.75, 3.05) is 13.1 Å². The van der Waals surface area contributed by atoms with Gasteiger partial charge in [-0.2, -0.15) is 0 Å². The molecule has 224 valence electrons. The Morgan fingerprint density at radius 1 is 1.07 bits per heavy atom. The normalized spacial score (nSPS) is 29.2. The first-order chi connectivity index (χ1) is 18.5. The fraction of sp³-hybridized carbons (Fsp3) is 0.828. The zero-order chi connectivity index (χ0) is 29.7. The Morgan fingerprint density at radius 2 is 1.73 bits per heavy atom. The average Bonchev–Trinajstić information content (AvgIpc) is 3.62. The second-order valence-electron chi connectivity index (χ2n) is 14.2. The largest absolute Gasteiger partial charge is 0.381 e. The molecule has 11 nitrogen and oxygen atoms in total. The van der Waals surface area contributed by atoms with Crippen LogP contribution in [0.15, 0.2) is 0 Å². The van der Waals surface area contributed by atoms with E-state index in [-0.39, 0.29) is 53.4 Å². The van der Waals surface area contributed by atoms with Gasteiger partial charge in [0.15, 0.2) is 6.10 Å². The van der Waals surface area contributed by atoms with Crippen molar-refractivity contribution in [1.82, 2.24) is 26.2 Å². The van der Waals surface area contributed by atoms with Crippen molar-refractivity contribution < 1.29 is 29.1 Å². The number of hydrogen-bond donors (Lipinski definition) is 5. The first-order valence-electron chi connectivity index (χ1n) is 14.7. The number of aliphatic hydroxyl groups excluding tert-OH is 1. The molecule has 0 aromatic heterocycles. The van der Waals surface area contributed by atoms with Crippen LogP contribution < -0.4 is 21.3 Å². The predicted octanol–water partition coefficient (Wildman–Crippen LogP) is 0.307. The summed E-state index contributed by atoms with van der Waals surface area (Å²) in [5, 5.41) is 22.3. The van der Waals surface area contributed by atoms with E-state index >= 15 is 0 Å². The first-order valence-corrected chi connectivity index (χ1v) is 14.7. The van der Waals surface area contributed by atoms with E-state index in [1.54, 1.807) is 18.7 Å². The van der Waals surface area contributed by atoms with E-state index in [2.05, 4.69) is 35.1 Å². The SMILES string of the molecule is CC(C)C(=O)N[C@H](C(=O)N1C[C@H]2[C@@H]([C@H]1C(=O)NC(C[C@@H]1CCNC1=O)C(O)C(=O)NC1CC1)C2(C)C)C(C)(C)C. The first kappa shape index (κ1) is 30.3. The maximum absolute atomic E-state index is 14.0. The molecule has 4 rings (SSSR count). The van der Waals surface area contributed by atoms with Crippen molar-refractivity contribution in [3.8, 4) is 0 Å². The van der Waals surface area contributed by atoms with Crippen LogP contribution in [-0.2, 0) is 24.0 Å². The van der Waals surface area contributed by atoms with Gasteiger partial charge in [-0.05, 0) is 48.3 Å². The van der Waals surface area contributed by atoms with Crippen LogP contribution in [0.2, 0.25) is 0 Å². The molecule has 0 aromatic rings. The van der Waals surface area contributed by atoms with Gasteiger partial charge in [-0.1, -0.05) is 48.5 Å². The number of likely N-dealkylation sites (tertiary alicyclic amines) is 1. The van der Waals surface area contributed by atoms with Gasteiger partial charge >= 0.3 is 0 Å². The summed E-state index contributed by atoms with van der Waals surface area (Å²) in [6, 6.07) is -2.60. The van der Waals surface area contributed by atoms with Gasteiger partial charge in [-0.3, -0.25) is 24.0 Å². The van der Waals surface area contributed by atoms with Crippen molar-refractivity contribution in [2.24, 2.45) is 34.5 Å². The average molecular weight is 562 g/mol. The molecule has 2 heterocycles. The topological polar surface area (TPSA) is 157 Å². The quantitative estimate of drug-likeness (QED) is 0.258. The summed E-state index contributed by atoms with van der Waals surface area (Å²) in [5.74, 6) is -2.45. The van der Waals surface area contributed by atoms with Crippen LogP contribution in [-0.4, -0.2) is 82.9 Å². The minimum atomic E-state index is -1.53. The van der Waals surface area contributed by atoms with Gasteiger partial charge in [0.25, 0.3) is 5.91 Å². The van der Waals surface area contributed by atoms with Crippen molar-refractivity contribution in [3.63, 3.8) is 0 Å². The Bertz CT molecular complexity index is 1050. The van der Waals surface area contributed by atoms with E-state index in [1.165, 1.54) is 0 Å². The Hall–Kier alpha value is -2.69. The third-order valence-corrected chi connectivity index (χ3v) is 9.29. The van der Waals surface area contributed by atoms with Gasteiger partial charge < -0.3 is 31.3 Å². The fourth-order valence-electron chi connectivity index (χ4n) is 6.34. The number of aliphatic hydroxyl groups is 1. The Kier molecular flexibility index (Phi) is 8.28. The van der Waals surface area contributed by atoms with E-state index in [9.17, 15) is 29.1 Å². The smallest absolute Gasteiger partial charge is 0.251 e. The van der Waals surface area contributed by atoms with Crippen LogP contribution in [0, 0.1) is 34.5 Å². The zero-order valence-corrected chi connectivity index (χ0v) is 24.9. The second kappa shape index (κ2) is 10.9. The molecule has 2 saturated heterocycles. The molecule has 2 saturated carbocycles. The van der Waals surface area contributed by atoms with Crippen LogP contribution >= 0.6 is 0 Å². The molecule has 4 fully saturated rings. The molecule has 7 atom stereocenters. The van der Waals surface area contributed by atoms with Gasteiger partial charge in [-0.25, -0.2) is 0 Å². The summed E-state index contributed by atoms with van der Waals surface area (Å²) in [7, 11) is 0. The summed E-state index contributed by atoms with van der Waals surface area (Å²) in [4.78, 5) is 67.3. The molecule has 11 heteroatoms. The number of amides is 5.